The van der Waals surface area contributed by atoms with Gasteiger partial charge in [0.05, 0.1) is 0 Å². The predicted molar refractivity (Wildman–Crippen MR) is 89.7 cm³/mol. The van der Waals surface area contributed by atoms with Crippen molar-refractivity contribution in [1.82, 2.24) is 5.32 Å². The van der Waals surface area contributed by atoms with E-state index in [4.69, 9.17) is 0 Å². The van der Waals surface area contributed by atoms with Crippen molar-refractivity contribution in [2.45, 2.75) is 52.7 Å². The Morgan fingerprint density at radius 3 is 2.38 bits per heavy atom. The average molecular weight is 291 g/mol. The Hall–Kier alpha value is -1.61. The van der Waals surface area contributed by atoms with Crippen molar-refractivity contribution in [2.75, 3.05) is 0 Å². The van der Waals surface area contributed by atoms with E-state index >= 15 is 0 Å². The van der Waals surface area contributed by atoms with E-state index < -0.39 is 6.23 Å². The largest absolute Gasteiger partial charge is 0.373 e. The van der Waals surface area contributed by atoms with Crippen LogP contribution in [0, 0.1) is 5.92 Å². The van der Waals surface area contributed by atoms with E-state index in [1.807, 2.05) is 26.0 Å². The Labute approximate surface area is 129 Å². The SMILES string of the molecule is CC/C=C/C/C=C\CC/C=C/C=C/C(=O)NC(O)C(C)C. The lowest BCUT2D eigenvalue weighted by molar-refractivity contribution is -0.120. The quantitative estimate of drug-likeness (QED) is 0.211. The predicted octanol–water partition coefficient (Wildman–Crippen LogP) is 3.88. The van der Waals surface area contributed by atoms with Crippen LogP contribution in [0.15, 0.2) is 48.6 Å². The van der Waals surface area contributed by atoms with E-state index in [1.165, 1.54) is 6.08 Å². The van der Waals surface area contributed by atoms with Gasteiger partial charge in [0.25, 0.3) is 0 Å². The van der Waals surface area contributed by atoms with Crippen molar-refractivity contribution in [3.05, 3.63) is 48.6 Å². The fourth-order valence-electron chi connectivity index (χ4n) is 1.43. The molecule has 0 fully saturated rings. The fraction of sp³-hybridized carbons (Fsp3) is 0.500. The van der Waals surface area contributed by atoms with Gasteiger partial charge in [-0.15, -0.1) is 0 Å². The number of aliphatic hydroxyl groups excluding tert-OH is 1. The normalized spacial score (nSPS) is 14.1. The summed E-state index contributed by atoms with van der Waals surface area (Å²) in [7, 11) is 0. The van der Waals surface area contributed by atoms with Crippen molar-refractivity contribution < 1.29 is 9.90 Å². The van der Waals surface area contributed by atoms with Gasteiger partial charge in [0.2, 0.25) is 5.91 Å². The van der Waals surface area contributed by atoms with E-state index in [-0.39, 0.29) is 11.8 Å². The van der Waals surface area contributed by atoms with Crippen molar-refractivity contribution in [2.24, 2.45) is 5.92 Å². The molecule has 0 aliphatic heterocycles. The van der Waals surface area contributed by atoms with Crippen molar-refractivity contribution >= 4 is 5.91 Å². The summed E-state index contributed by atoms with van der Waals surface area (Å²) in [6.45, 7) is 5.82. The number of hydrogen-bond donors (Lipinski definition) is 2. The first-order valence-electron chi connectivity index (χ1n) is 7.69. The molecule has 0 aliphatic carbocycles. The molecule has 0 heterocycles. The lowest BCUT2D eigenvalue weighted by Gasteiger charge is -2.14. The van der Waals surface area contributed by atoms with Crippen LogP contribution in [0.25, 0.3) is 0 Å². The third-order valence-corrected chi connectivity index (χ3v) is 2.76. The maximum absolute atomic E-state index is 11.4. The summed E-state index contributed by atoms with van der Waals surface area (Å²) in [5, 5.41) is 12.0. The molecule has 0 aromatic rings. The van der Waals surface area contributed by atoms with Crippen LogP contribution < -0.4 is 5.32 Å². The van der Waals surface area contributed by atoms with Gasteiger partial charge in [-0.2, -0.15) is 0 Å². The molecule has 1 amide bonds. The summed E-state index contributed by atoms with van der Waals surface area (Å²) in [4.78, 5) is 11.4. The summed E-state index contributed by atoms with van der Waals surface area (Å²) in [5.74, 6) is -0.264. The number of rotatable bonds is 10. The van der Waals surface area contributed by atoms with Gasteiger partial charge in [-0.1, -0.05) is 63.3 Å². The summed E-state index contributed by atoms with van der Waals surface area (Å²) in [6, 6.07) is 0. The van der Waals surface area contributed by atoms with Crippen LogP contribution >= 0.6 is 0 Å². The van der Waals surface area contributed by atoms with E-state index in [9.17, 15) is 9.90 Å². The molecule has 0 spiro atoms. The van der Waals surface area contributed by atoms with E-state index in [0.29, 0.717) is 0 Å². The molecule has 21 heavy (non-hydrogen) atoms. The number of nitrogens with one attached hydrogen (secondary N) is 1. The highest BCUT2D eigenvalue weighted by atomic mass is 16.3. The molecular formula is C18H29NO2. The minimum Gasteiger partial charge on any atom is -0.373 e. The molecule has 0 saturated heterocycles. The second kappa shape index (κ2) is 13.4. The summed E-state index contributed by atoms with van der Waals surface area (Å²) in [6.07, 6.45) is 18.9. The van der Waals surface area contributed by atoms with Crippen LogP contribution in [0.3, 0.4) is 0 Å². The number of carbonyl (C=O) groups is 1. The minimum absolute atomic E-state index is 0.0110. The first-order valence-corrected chi connectivity index (χ1v) is 7.69. The van der Waals surface area contributed by atoms with Crippen molar-refractivity contribution in [3.8, 4) is 0 Å². The zero-order valence-electron chi connectivity index (χ0n) is 13.5. The number of allylic oxidation sites excluding steroid dienone is 7. The molecule has 3 nitrogen and oxygen atoms in total. The first kappa shape index (κ1) is 19.4. The van der Waals surface area contributed by atoms with Crippen molar-refractivity contribution in [1.29, 1.82) is 0 Å². The molecule has 118 valence electrons. The van der Waals surface area contributed by atoms with E-state index in [1.54, 1.807) is 6.08 Å². The molecule has 0 radical (unpaired) electrons. The number of carbonyl (C=O) groups excluding carboxylic acids is 1. The van der Waals surface area contributed by atoms with Gasteiger partial charge >= 0.3 is 0 Å². The lowest BCUT2D eigenvalue weighted by Crippen LogP contribution is -2.37. The number of amides is 1. The minimum atomic E-state index is -0.793. The highest BCUT2D eigenvalue weighted by molar-refractivity contribution is 5.87. The van der Waals surface area contributed by atoms with Crippen LogP contribution in [0.2, 0.25) is 0 Å². The van der Waals surface area contributed by atoms with Crippen LogP contribution in [-0.2, 0) is 4.79 Å². The molecule has 1 unspecified atom stereocenters. The van der Waals surface area contributed by atoms with Crippen molar-refractivity contribution in [3.63, 3.8) is 0 Å². The average Bonchev–Trinajstić information content (AvgIpc) is 2.44. The molecule has 3 heteroatoms. The molecule has 0 aliphatic rings. The Morgan fingerprint density at radius 1 is 1.05 bits per heavy atom. The second-order valence-electron chi connectivity index (χ2n) is 5.15. The maximum Gasteiger partial charge on any atom is 0.245 e. The van der Waals surface area contributed by atoms with Crippen LogP contribution in [-0.4, -0.2) is 17.2 Å². The Kier molecular flexibility index (Phi) is 12.4. The third kappa shape index (κ3) is 13.1. The van der Waals surface area contributed by atoms with E-state index in [2.05, 4.69) is 36.5 Å². The van der Waals surface area contributed by atoms with Crippen LogP contribution in [0.1, 0.15) is 46.5 Å². The standard InChI is InChI=1S/C18H29NO2/c1-4-5-6-7-8-9-10-11-12-13-14-15-17(20)19-18(21)16(2)3/h5-6,8-9,12-16,18,21H,4,7,10-11H2,1-3H3,(H,19,20)/b6-5+,9-8-,13-12+,15-14+. The third-order valence-electron chi connectivity index (χ3n) is 2.76. The maximum atomic E-state index is 11.4. The molecule has 1 atom stereocenters. The Balaban J connectivity index is 3.73. The molecule has 0 aromatic heterocycles. The van der Waals surface area contributed by atoms with E-state index in [0.717, 1.165) is 25.7 Å². The van der Waals surface area contributed by atoms with Gasteiger partial charge in [0, 0.05) is 6.08 Å². The first-order chi connectivity index (χ1) is 10.1. The zero-order valence-corrected chi connectivity index (χ0v) is 13.5. The molecule has 2 N–H and O–H groups in total. The number of hydrogen-bond acceptors (Lipinski definition) is 2. The summed E-state index contributed by atoms with van der Waals surface area (Å²) >= 11 is 0. The van der Waals surface area contributed by atoms with Gasteiger partial charge in [-0.3, -0.25) is 4.79 Å². The molecule has 0 saturated carbocycles. The van der Waals surface area contributed by atoms with Gasteiger partial charge in [-0.05, 0) is 31.6 Å². The van der Waals surface area contributed by atoms with Crippen LogP contribution in [0.5, 0.6) is 0 Å². The van der Waals surface area contributed by atoms with Crippen LogP contribution in [0.4, 0.5) is 0 Å². The zero-order chi connectivity index (χ0) is 15.9. The summed E-state index contributed by atoms with van der Waals surface area (Å²) < 4.78 is 0. The summed E-state index contributed by atoms with van der Waals surface area (Å²) in [5.41, 5.74) is 0. The van der Waals surface area contributed by atoms with Gasteiger partial charge < -0.3 is 10.4 Å². The van der Waals surface area contributed by atoms with Gasteiger partial charge in [-0.25, -0.2) is 0 Å². The molecule has 0 aromatic carbocycles. The molecular weight excluding hydrogens is 262 g/mol. The van der Waals surface area contributed by atoms with Gasteiger partial charge in [0.15, 0.2) is 0 Å². The number of aliphatic hydroxyl groups is 1. The highest BCUT2D eigenvalue weighted by Gasteiger charge is 2.09. The fourth-order valence-corrected chi connectivity index (χ4v) is 1.43. The molecule has 0 rings (SSSR count). The lowest BCUT2D eigenvalue weighted by atomic mass is 10.2. The van der Waals surface area contributed by atoms with Gasteiger partial charge in [0.1, 0.15) is 6.23 Å². The smallest absolute Gasteiger partial charge is 0.245 e. The number of unbranched alkanes of at least 4 members (excludes halogenated alkanes) is 1. The highest BCUT2D eigenvalue weighted by Crippen LogP contribution is 1.98. The molecule has 0 bridgehead atoms. The monoisotopic (exact) mass is 291 g/mol. The Bertz CT molecular complexity index is 379. The topological polar surface area (TPSA) is 49.3 Å². The second-order valence-corrected chi connectivity index (χ2v) is 5.15. The Morgan fingerprint density at radius 2 is 1.71 bits per heavy atom.